The summed E-state index contributed by atoms with van der Waals surface area (Å²) in [5, 5.41) is 61.4. The van der Waals surface area contributed by atoms with Gasteiger partial charge < -0.3 is 65.8 Å². The van der Waals surface area contributed by atoms with Gasteiger partial charge in [0, 0.05) is 130 Å². The topological polar surface area (TPSA) is 322 Å². The highest BCUT2D eigenvalue weighted by atomic mass is 16.3. The summed E-state index contributed by atoms with van der Waals surface area (Å²) in [7, 11) is 4.05. The molecule has 0 saturated carbocycles. The fourth-order valence-corrected chi connectivity index (χ4v) is 23.5. The smallest absolute Gasteiger partial charge is 0.165 e. The van der Waals surface area contributed by atoms with Crippen LogP contribution >= 0.6 is 0 Å². The van der Waals surface area contributed by atoms with E-state index in [4.69, 9.17) is 65.5 Å². The molecule has 25 heteroatoms. The third-order valence-corrected chi connectivity index (χ3v) is 32.1. The fourth-order valence-electron chi connectivity index (χ4n) is 23.5. The van der Waals surface area contributed by atoms with Crippen molar-refractivity contribution in [3.05, 3.63) is 213 Å². The van der Waals surface area contributed by atoms with E-state index in [-0.39, 0.29) is 34.5 Å². The van der Waals surface area contributed by atoms with Crippen molar-refractivity contribution < 1.29 is 30.6 Å². The van der Waals surface area contributed by atoms with Gasteiger partial charge in [-0.2, -0.15) is 0 Å². The molecule has 6 aliphatic carbocycles. The van der Waals surface area contributed by atoms with Gasteiger partial charge in [0.15, 0.2) is 34.9 Å². The minimum atomic E-state index is 0.234. The second-order valence-corrected chi connectivity index (χ2v) is 43.8. The number of hydrogen-bond donors (Lipinski definition) is 7. The average Bonchev–Trinajstić information content (AvgIpc) is 1.59. The summed E-state index contributed by atoms with van der Waals surface area (Å²) >= 11 is 0. The molecule has 5 fully saturated rings. The molecule has 25 nitrogen and oxygen atoms in total. The van der Waals surface area contributed by atoms with E-state index in [1.165, 1.54) is 210 Å². The van der Waals surface area contributed by atoms with Crippen molar-refractivity contribution in [2.45, 2.75) is 279 Å². The molecule has 0 radical (unpaired) electrons. The lowest BCUT2D eigenvalue weighted by Crippen LogP contribution is -2.37. The van der Waals surface area contributed by atoms with Crippen LogP contribution in [-0.2, 0) is 77.0 Å². The number of fused-ring (bicyclic) bond motifs is 6. The van der Waals surface area contributed by atoms with Crippen molar-refractivity contribution in [2.75, 3.05) is 115 Å². The normalized spacial score (nSPS) is 19.6. The molecule has 147 heavy (non-hydrogen) atoms. The molecule has 4 atom stereocenters. The average molecular weight is 1990 g/mol. The van der Waals surface area contributed by atoms with Crippen molar-refractivity contribution >= 4 is 34.9 Å². The van der Waals surface area contributed by atoms with E-state index in [9.17, 15) is 30.6 Å². The molecule has 776 valence electrons. The second-order valence-electron chi connectivity index (χ2n) is 43.8. The first-order chi connectivity index (χ1) is 71.7. The molecule has 5 aliphatic heterocycles. The highest BCUT2D eigenvalue weighted by molar-refractivity contribution is 5.73. The molecule has 12 aromatic rings. The molecule has 0 bridgehead atoms. The Labute approximate surface area is 871 Å². The number of anilines is 6. The van der Waals surface area contributed by atoms with Gasteiger partial charge in [0.05, 0.1) is 50.5 Å². The van der Waals surface area contributed by atoms with Crippen molar-refractivity contribution in [3.8, 4) is 103 Å². The van der Waals surface area contributed by atoms with Gasteiger partial charge in [0.1, 0.15) is 69.4 Å². The van der Waals surface area contributed by atoms with Crippen LogP contribution in [0.15, 0.2) is 146 Å². The maximum atomic E-state index is 10.3. The number of piperidine rings is 4. The summed E-state index contributed by atoms with van der Waals surface area (Å²) < 4.78 is 0. The van der Waals surface area contributed by atoms with Gasteiger partial charge >= 0.3 is 0 Å². The summed E-state index contributed by atoms with van der Waals surface area (Å²) in [6, 6.07) is 44.2. The second kappa shape index (κ2) is 49.9. The zero-order valence-corrected chi connectivity index (χ0v) is 88.3. The molecule has 0 amide bonds. The predicted molar refractivity (Wildman–Crippen MR) is 593 cm³/mol. The fraction of sp³-hybridized carbons (Fsp3) is 0.508. The van der Waals surface area contributed by atoms with E-state index >= 15 is 0 Å². The van der Waals surface area contributed by atoms with Gasteiger partial charge in [-0.1, -0.05) is 146 Å². The van der Waals surface area contributed by atoms with Crippen molar-refractivity contribution in [1.82, 2.24) is 59.8 Å². The lowest BCUT2D eigenvalue weighted by molar-refractivity contribution is 0.411. The number of aryl methyl sites for hydroxylation is 3. The van der Waals surface area contributed by atoms with Crippen LogP contribution in [0.5, 0.6) is 34.5 Å². The number of aromatic nitrogens is 12. The molecule has 11 heterocycles. The van der Waals surface area contributed by atoms with Gasteiger partial charge in [-0.05, 0) is 320 Å². The van der Waals surface area contributed by atoms with E-state index in [0.717, 1.165) is 236 Å². The van der Waals surface area contributed by atoms with E-state index in [0.29, 0.717) is 75.7 Å². The van der Waals surface area contributed by atoms with Gasteiger partial charge in [-0.25, -0.2) is 59.8 Å². The van der Waals surface area contributed by atoms with Crippen molar-refractivity contribution in [1.29, 1.82) is 0 Å². The zero-order valence-electron chi connectivity index (χ0n) is 88.3. The van der Waals surface area contributed by atoms with Crippen LogP contribution in [-0.4, -0.2) is 177 Å². The van der Waals surface area contributed by atoms with Gasteiger partial charge in [0.2, 0.25) is 0 Å². The standard InChI is InChI=1S/C21H28N4O.3C21H27N3O.C20H25N3O.C18H23N3O/c1-14-6-7-16-18(12-14)23-20(17-4-2-3-5-19(17)26)24-21(16)25-10-8-15(13-22)9-11-25;1-14-9-10-16-18(12-14)22-20(17-7-3-4-8-19(17)25)23-21(16)24-11-5-6-15(2)13-24;1-14-9-11-24(12-10-14)21-16-8-7-15(2)13-18(16)22-20(23-21)17-5-3-4-6-19(17)25;25-19-13-7-6-11-17(19)20-22-18-12-5-2-1-4-10-16(18)21(23-20)24-14-8-3-9-15-24;24-18-12-6-5-10-16(18)19-21-17-11-4-2-1-3-9-15(17)20(22-19)23-13-7-8-14-23;1-21(2)18-13-9-5-3-4-6-11-15(13)19-17(20-18)14-10-7-8-12-16(14)22/h2-5,14-15,26H,6-13,22H2,1H3;3-4,7-8,14-15,25H,5-6,9-13H2,1-2H3;3-6,14-15,25H,7-13H2,1-2H3;6-7,11,13,25H,1-5,8-10,12,14-15H2;5-6,10,12,24H,1-4,7-9,11,13-14H2;7-8,10,12,22H,3-6,9,11H2,1-2H3. The maximum absolute atomic E-state index is 10.3. The highest BCUT2D eigenvalue weighted by Gasteiger charge is 2.35. The number of para-hydroxylation sites is 6. The Bertz CT molecular complexity index is 6430. The third kappa shape index (κ3) is 25.9. The summed E-state index contributed by atoms with van der Waals surface area (Å²) in [4.78, 5) is 72.9. The third-order valence-electron chi connectivity index (χ3n) is 32.1. The number of rotatable bonds is 13. The molecule has 6 aromatic heterocycles. The predicted octanol–water partition coefficient (Wildman–Crippen LogP) is 23.8. The number of nitrogens with two attached hydrogens (primary N) is 1. The van der Waals surface area contributed by atoms with Crippen LogP contribution in [0.25, 0.3) is 68.3 Å². The van der Waals surface area contributed by atoms with Gasteiger partial charge in [-0.3, -0.25) is 0 Å². The molecular formula is C122H157N19O6. The quantitative estimate of drug-likeness (QED) is 0.0564. The van der Waals surface area contributed by atoms with E-state index in [2.05, 4.69) is 64.0 Å². The Morgan fingerprint density at radius 1 is 0.245 bits per heavy atom. The lowest BCUT2D eigenvalue weighted by Gasteiger charge is -2.35. The summed E-state index contributed by atoms with van der Waals surface area (Å²) in [6.45, 7) is 23.0. The van der Waals surface area contributed by atoms with E-state index in [1.807, 2.05) is 123 Å². The Morgan fingerprint density at radius 2 is 0.503 bits per heavy atom. The first-order valence-electron chi connectivity index (χ1n) is 55.9. The maximum Gasteiger partial charge on any atom is 0.165 e. The van der Waals surface area contributed by atoms with E-state index in [1.54, 1.807) is 36.4 Å². The number of benzene rings is 6. The zero-order chi connectivity index (χ0) is 102. The Balaban J connectivity index is 0.000000116. The molecule has 11 aliphatic rings. The number of phenols is 6. The largest absolute Gasteiger partial charge is 0.507 e. The van der Waals surface area contributed by atoms with Crippen molar-refractivity contribution in [3.63, 3.8) is 0 Å². The van der Waals surface area contributed by atoms with Gasteiger partial charge in [0.25, 0.3) is 0 Å². The lowest BCUT2D eigenvalue weighted by atomic mass is 9.87. The van der Waals surface area contributed by atoms with Crippen LogP contribution in [0.3, 0.4) is 0 Å². The van der Waals surface area contributed by atoms with Crippen LogP contribution < -0.4 is 35.1 Å². The molecule has 0 spiro atoms. The first kappa shape index (κ1) is 104. The minimum Gasteiger partial charge on any atom is -0.507 e. The SMILES string of the molecule is CC1CCN(c2nc(-c3ccccc3O)nc3c2CCC(C)C3)CC1.CC1CCc2c(nc(-c3ccccc3O)nc2N2CCC(CN)CC2)C1.CC1CCc2c(nc(-c3ccccc3O)nc2N2CCCC(C)C2)C1.CN(C)c1nc(-c2ccccc2O)nc2c1CCCCCC2.Oc1ccccc1-c1nc2c(c(N3CCCC3)n1)CCCCCC2.Oc1ccccc1-c1nc2c(c(N3CCCCC3)n1)CCCCCC2. The molecule has 8 N–H and O–H groups in total. The van der Waals surface area contributed by atoms with Gasteiger partial charge in [-0.15, -0.1) is 0 Å². The van der Waals surface area contributed by atoms with Crippen LogP contribution in [0.2, 0.25) is 0 Å². The highest BCUT2D eigenvalue weighted by Crippen LogP contribution is 2.45. The molecule has 6 aromatic carbocycles. The molecule has 4 unspecified atom stereocenters. The monoisotopic (exact) mass is 1980 g/mol. The number of phenolic OH excluding ortho intramolecular Hbond substituents is 6. The molecule has 23 rings (SSSR count). The van der Waals surface area contributed by atoms with Crippen molar-refractivity contribution in [2.24, 2.45) is 41.2 Å². The Kier molecular flexibility index (Phi) is 35.4. The minimum absolute atomic E-state index is 0.234. The molecular weight excluding hydrogens is 1830 g/mol. The number of hydrogen-bond acceptors (Lipinski definition) is 25. The van der Waals surface area contributed by atoms with Crippen LogP contribution in [0.4, 0.5) is 34.9 Å². The first-order valence-corrected chi connectivity index (χ1v) is 55.9. The van der Waals surface area contributed by atoms with Crippen LogP contribution in [0, 0.1) is 35.5 Å². The summed E-state index contributed by atoms with van der Waals surface area (Å²) in [5.41, 5.74) is 25.3. The summed E-state index contributed by atoms with van der Waals surface area (Å²) in [6.07, 6.45) is 44.5. The summed E-state index contributed by atoms with van der Waals surface area (Å²) in [5.74, 6) is 16.1. The molecule has 5 saturated heterocycles. The van der Waals surface area contributed by atoms with E-state index < -0.39 is 0 Å². The Morgan fingerprint density at radius 3 is 0.823 bits per heavy atom. The number of nitrogens with zero attached hydrogens (tertiary/aromatic N) is 18. The Hall–Kier alpha value is -12.6. The number of aromatic hydroxyl groups is 6. The van der Waals surface area contributed by atoms with Crippen LogP contribution in [0.1, 0.15) is 269 Å².